The number of ether oxygens (including phenoxy) is 1. The van der Waals surface area contributed by atoms with Crippen molar-refractivity contribution in [2.75, 3.05) is 6.61 Å². The third kappa shape index (κ3) is 5.35. The molecule has 3 N–H and O–H groups in total. The van der Waals surface area contributed by atoms with Crippen molar-refractivity contribution in [3.05, 3.63) is 75.7 Å². The molecule has 3 aromatic rings. The van der Waals surface area contributed by atoms with E-state index in [1.54, 1.807) is 12.3 Å². The second-order valence-electron chi connectivity index (χ2n) is 8.42. The van der Waals surface area contributed by atoms with Gasteiger partial charge in [-0.25, -0.2) is 14.6 Å². The molecule has 0 saturated heterocycles. The number of alkyl carbamates (subject to hydrolysis) is 1. The second kappa shape index (κ2) is 10.7. The van der Waals surface area contributed by atoms with E-state index in [1.807, 2.05) is 31.2 Å². The molecular formula is C26H27N3O5S. The minimum Gasteiger partial charge on any atom is -0.480 e. The van der Waals surface area contributed by atoms with Gasteiger partial charge in [0, 0.05) is 11.3 Å². The first-order valence-corrected chi connectivity index (χ1v) is 12.4. The average Bonchev–Trinajstić information content (AvgIpc) is 3.46. The van der Waals surface area contributed by atoms with Crippen LogP contribution in [0.3, 0.4) is 0 Å². The summed E-state index contributed by atoms with van der Waals surface area (Å²) in [5.41, 5.74) is 4.69. The predicted octanol–water partition coefficient (Wildman–Crippen LogP) is 4.73. The van der Waals surface area contributed by atoms with Crippen molar-refractivity contribution in [3.63, 3.8) is 0 Å². The van der Waals surface area contributed by atoms with E-state index in [2.05, 4.69) is 39.9 Å². The fourth-order valence-corrected chi connectivity index (χ4v) is 5.05. The zero-order valence-electron chi connectivity index (χ0n) is 19.5. The predicted molar refractivity (Wildman–Crippen MR) is 133 cm³/mol. The van der Waals surface area contributed by atoms with Crippen LogP contribution in [0.4, 0.5) is 4.79 Å². The summed E-state index contributed by atoms with van der Waals surface area (Å²) in [6, 6.07) is 14.8. The molecule has 2 amide bonds. The smallest absolute Gasteiger partial charge is 0.407 e. The molecule has 0 spiro atoms. The number of benzene rings is 2. The van der Waals surface area contributed by atoms with Gasteiger partial charge >= 0.3 is 12.1 Å². The molecule has 9 heteroatoms. The Kier molecular flexibility index (Phi) is 7.45. The number of carboxylic acid groups (broad SMARTS) is 1. The Morgan fingerprint density at radius 2 is 1.69 bits per heavy atom. The van der Waals surface area contributed by atoms with E-state index < -0.39 is 30.1 Å². The van der Waals surface area contributed by atoms with Crippen LogP contribution >= 0.6 is 11.3 Å². The first-order valence-electron chi connectivity index (χ1n) is 11.5. The van der Waals surface area contributed by atoms with Crippen molar-refractivity contribution in [3.8, 4) is 11.1 Å². The van der Waals surface area contributed by atoms with Gasteiger partial charge in [-0.3, -0.25) is 4.79 Å². The lowest BCUT2D eigenvalue weighted by atomic mass is 9.98. The average molecular weight is 494 g/mol. The van der Waals surface area contributed by atoms with Crippen LogP contribution in [0.25, 0.3) is 11.1 Å². The van der Waals surface area contributed by atoms with Crippen molar-refractivity contribution in [1.29, 1.82) is 0 Å². The molecule has 4 rings (SSSR count). The number of thiazole rings is 1. The highest BCUT2D eigenvalue weighted by Gasteiger charge is 2.29. The molecule has 0 aliphatic heterocycles. The number of carbonyl (C=O) groups excluding carboxylic acids is 2. The van der Waals surface area contributed by atoms with Crippen LogP contribution in [0.1, 0.15) is 65.3 Å². The summed E-state index contributed by atoms with van der Waals surface area (Å²) in [6.07, 6.45) is 0.382. The lowest BCUT2D eigenvalue weighted by Crippen LogP contribution is -2.40. The van der Waals surface area contributed by atoms with Gasteiger partial charge in [-0.05, 0) is 35.6 Å². The Morgan fingerprint density at radius 1 is 1.06 bits per heavy atom. The van der Waals surface area contributed by atoms with Crippen LogP contribution in [-0.4, -0.2) is 40.7 Å². The van der Waals surface area contributed by atoms with Crippen LogP contribution < -0.4 is 10.6 Å². The van der Waals surface area contributed by atoms with E-state index in [0.29, 0.717) is 17.8 Å². The molecule has 0 fully saturated rings. The van der Waals surface area contributed by atoms with Crippen molar-refractivity contribution in [2.24, 2.45) is 0 Å². The van der Waals surface area contributed by atoms with Gasteiger partial charge in [0.15, 0.2) is 0 Å². The van der Waals surface area contributed by atoms with Crippen molar-refractivity contribution in [2.45, 2.75) is 44.7 Å². The number of fused-ring (bicyclic) bond motifs is 3. The Balaban J connectivity index is 1.35. The summed E-state index contributed by atoms with van der Waals surface area (Å²) >= 11 is 1.21. The maximum absolute atomic E-state index is 12.5. The number of amides is 2. The first kappa shape index (κ1) is 24.4. The van der Waals surface area contributed by atoms with E-state index in [0.717, 1.165) is 22.3 Å². The molecule has 0 bridgehead atoms. The number of hydrogen-bond donors (Lipinski definition) is 3. The van der Waals surface area contributed by atoms with Gasteiger partial charge in [0.05, 0.1) is 6.04 Å². The van der Waals surface area contributed by atoms with E-state index >= 15 is 0 Å². The quantitative estimate of drug-likeness (QED) is 0.397. The number of nitrogens with zero attached hydrogens (tertiary/aromatic N) is 1. The fraction of sp³-hybridized carbons (Fsp3) is 0.308. The van der Waals surface area contributed by atoms with E-state index in [-0.39, 0.29) is 18.2 Å². The Hall–Kier alpha value is -3.72. The molecule has 0 radical (unpaired) electrons. The molecule has 182 valence electrons. The number of aliphatic carboxylic acids is 1. The minimum absolute atomic E-state index is 0.0380. The summed E-state index contributed by atoms with van der Waals surface area (Å²) in [5, 5.41) is 16.6. The molecule has 0 saturated carbocycles. The highest BCUT2D eigenvalue weighted by atomic mass is 32.1. The second-order valence-corrected chi connectivity index (χ2v) is 9.31. The minimum atomic E-state index is -1.08. The Bertz CT molecular complexity index is 1200. The fourth-order valence-electron chi connectivity index (χ4n) is 4.25. The van der Waals surface area contributed by atoms with E-state index in [9.17, 15) is 19.5 Å². The van der Waals surface area contributed by atoms with Gasteiger partial charge in [-0.2, -0.15) is 0 Å². The maximum Gasteiger partial charge on any atom is 0.407 e. The summed E-state index contributed by atoms with van der Waals surface area (Å²) < 4.78 is 5.57. The van der Waals surface area contributed by atoms with Gasteiger partial charge in [0.25, 0.3) is 5.91 Å². The van der Waals surface area contributed by atoms with Gasteiger partial charge < -0.3 is 20.5 Å². The summed E-state index contributed by atoms with van der Waals surface area (Å²) in [5.74, 6) is -1.67. The molecule has 35 heavy (non-hydrogen) atoms. The number of carbonyl (C=O) groups is 3. The normalized spacial score (nSPS) is 13.9. The maximum atomic E-state index is 12.5. The van der Waals surface area contributed by atoms with Gasteiger partial charge in [0.1, 0.15) is 23.4 Å². The highest BCUT2D eigenvalue weighted by Crippen LogP contribution is 2.44. The molecule has 1 aliphatic carbocycles. The van der Waals surface area contributed by atoms with Crippen LogP contribution in [0.5, 0.6) is 0 Å². The third-order valence-electron chi connectivity index (χ3n) is 5.98. The number of carboxylic acids is 1. The summed E-state index contributed by atoms with van der Waals surface area (Å²) in [4.78, 5) is 40.5. The highest BCUT2D eigenvalue weighted by molar-refractivity contribution is 7.09. The molecule has 2 atom stereocenters. The molecule has 1 unspecified atom stereocenters. The SMILES string of the molecule is CCC[C@H](NC(=O)c1csc(C(C)NC(=O)OCC2c3ccccc3-c3ccccc32)n1)C(=O)O. The Labute approximate surface area is 207 Å². The van der Waals surface area contributed by atoms with Gasteiger partial charge in [-0.15, -0.1) is 11.3 Å². The molecule has 1 heterocycles. The largest absolute Gasteiger partial charge is 0.480 e. The molecule has 8 nitrogen and oxygen atoms in total. The lowest BCUT2D eigenvalue weighted by molar-refractivity contribution is -0.139. The van der Waals surface area contributed by atoms with Crippen molar-refractivity contribution >= 4 is 29.3 Å². The molecule has 2 aromatic carbocycles. The van der Waals surface area contributed by atoms with Crippen LogP contribution in [0.2, 0.25) is 0 Å². The van der Waals surface area contributed by atoms with E-state index in [4.69, 9.17) is 4.74 Å². The zero-order valence-corrected chi connectivity index (χ0v) is 20.3. The summed E-state index contributed by atoms with van der Waals surface area (Å²) in [7, 11) is 0. The molecular weight excluding hydrogens is 466 g/mol. The zero-order chi connectivity index (χ0) is 24.9. The lowest BCUT2D eigenvalue weighted by Gasteiger charge is -2.16. The van der Waals surface area contributed by atoms with Gasteiger partial charge in [-0.1, -0.05) is 61.9 Å². The third-order valence-corrected chi connectivity index (χ3v) is 7.01. The Morgan fingerprint density at radius 3 is 2.29 bits per heavy atom. The van der Waals surface area contributed by atoms with Crippen LogP contribution in [-0.2, 0) is 9.53 Å². The van der Waals surface area contributed by atoms with Crippen LogP contribution in [0.15, 0.2) is 53.9 Å². The number of hydrogen-bond acceptors (Lipinski definition) is 6. The number of rotatable bonds is 9. The van der Waals surface area contributed by atoms with Crippen molar-refractivity contribution < 1.29 is 24.2 Å². The first-order chi connectivity index (χ1) is 16.9. The molecule has 1 aliphatic rings. The topological polar surface area (TPSA) is 118 Å². The van der Waals surface area contributed by atoms with Crippen molar-refractivity contribution in [1.82, 2.24) is 15.6 Å². The summed E-state index contributed by atoms with van der Waals surface area (Å²) in [6.45, 7) is 3.80. The molecule has 1 aromatic heterocycles. The van der Waals surface area contributed by atoms with Gasteiger partial charge in [0.2, 0.25) is 0 Å². The standard InChI is InChI=1S/C26H27N3O5S/c1-3-8-21(25(31)32)28-23(30)22-14-35-24(29-22)15(2)27-26(33)34-13-20-18-11-6-4-9-16(18)17-10-5-7-12-19(17)20/h4-7,9-12,14-15,20-21H,3,8,13H2,1-2H3,(H,27,33)(H,28,30)(H,31,32)/t15?,21-/m0/s1. The van der Waals surface area contributed by atoms with Crippen LogP contribution in [0, 0.1) is 0 Å². The number of aromatic nitrogens is 1. The monoisotopic (exact) mass is 493 g/mol. The number of nitrogens with one attached hydrogen (secondary N) is 2. The van der Waals surface area contributed by atoms with E-state index in [1.165, 1.54) is 11.3 Å².